The molecule has 1 fully saturated rings. The van der Waals surface area contributed by atoms with Crippen molar-refractivity contribution in [3.63, 3.8) is 0 Å². The highest BCUT2D eigenvalue weighted by molar-refractivity contribution is 5.93. The molecule has 7 heteroatoms. The fraction of sp³-hybridized carbons (Fsp3) is 0.571. The van der Waals surface area contributed by atoms with E-state index in [-0.39, 0.29) is 18.6 Å². The van der Waals surface area contributed by atoms with E-state index in [1.807, 2.05) is 0 Å². The van der Waals surface area contributed by atoms with Crippen LogP contribution in [0, 0.1) is 0 Å². The molecule has 1 unspecified atom stereocenters. The normalized spacial score (nSPS) is 19.4. The summed E-state index contributed by atoms with van der Waals surface area (Å²) in [4.78, 5) is 25.1. The minimum Gasteiger partial charge on any atom is -0.480 e. The van der Waals surface area contributed by atoms with Crippen LogP contribution in [0.25, 0.3) is 0 Å². The number of ether oxygens (including phenoxy) is 1. The summed E-state index contributed by atoms with van der Waals surface area (Å²) in [5.41, 5.74) is 0.348. The minimum absolute atomic E-state index is 0.0227. The van der Waals surface area contributed by atoms with Gasteiger partial charge in [0.15, 0.2) is 0 Å². The first-order chi connectivity index (χ1) is 10.1. The van der Waals surface area contributed by atoms with Crippen LogP contribution in [0.3, 0.4) is 0 Å². The van der Waals surface area contributed by atoms with Crippen LogP contribution in [0.2, 0.25) is 0 Å². The minimum atomic E-state index is -0.977. The summed E-state index contributed by atoms with van der Waals surface area (Å²) in [6, 6.07) is 3.27. The molecule has 2 rings (SSSR count). The second-order valence-electron chi connectivity index (χ2n) is 5.01. The fourth-order valence-electron chi connectivity index (χ4n) is 2.39. The van der Waals surface area contributed by atoms with E-state index in [0.29, 0.717) is 18.8 Å². The van der Waals surface area contributed by atoms with E-state index in [0.717, 1.165) is 19.6 Å². The summed E-state index contributed by atoms with van der Waals surface area (Å²) in [6.07, 6.45) is 1.56. The number of rotatable bonds is 6. The van der Waals surface area contributed by atoms with Crippen LogP contribution in [0.5, 0.6) is 0 Å². The summed E-state index contributed by atoms with van der Waals surface area (Å²) >= 11 is 0. The van der Waals surface area contributed by atoms with Gasteiger partial charge in [0.1, 0.15) is 12.2 Å². The van der Waals surface area contributed by atoms with Crippen molar-refractivity contribution in [1.82, 2.24) is 14.8 Å². The second-order valence-corrected chi connectivity index (χ2v) is 5.01. The Bertz CT molecular complexity index is 500. The SMILES string of the molecule is CCN1CCOC(CNC(=O)c2cccn2CC(=O)O)C1. The number of carboxylic acid groups (broad SMARTS) is 1. The topological polar surface area (TPSA) is 83.8 Å². The van der Waals surface area contributed by atoms with E-state index in [9.17, 15) is 9.59 Å². The van der Waals surface area contributed by atoms with Crippen molar-refractivity contribution < 1.29 is 19.4 Å². The Morgan fingerprint density at radius 3 is 3.05 bits per heavy atom. The standard InChI is InChI=1S/C14H21N3O4/c1-2-16-6-7-21-11(9-16)8-15-14(20)12-4-3-5-17(12)10-13(18)19/h3-5,11H,2,6-10H2,1H3,(H,15,20)(H,18,19). The van der Waals surface area contributed by atoms with Gasteiger partial charge in [0, 0.05) is 25.8 Å². The van der Waals surface area contributed by atoms with E-state index in [1.165, 1.54) is 4.57 Å². The Hall–Kier alpha value is -1.86. The molecule has 0 spiro atoms. The molecule has 2 heterocycles. The zero-order valence-corrected chi connectivity index (χ0v) is 12.1. The summed E-state index contributed by atoms with van der Waals surface area (Å²) in [5, 5.41) is 11.6. The highest BCUT2D eigenvalue weighted by atomic mass is 16.5. The van der Waals surface area contributed by atoms with Crippen molar-refractivity contribution >= 4 is 11.9 Å². The molecule has 21 heavy (non-hydrogen) atoms. The van der Waals surface area contributed by atoms with Gasteiger partial charge in [0.05, 0.1) is 12.7 Å². The first-order valence-electron chi connectivity index (χ1n) is 7.09. The predicted octanol–water partition coefficient (Wildman–Crippen LogP) is 0.0232. The predicted molar refractivity (Wildman–Crippen MR) is 76.3 cm³/mol. The molecule has 0 aromatic carbocycles. The Morgan fingerprint density at radius 1 is 1.52 bits per heavy atom. The number of hydrogen-bond donors (Lipinski definition) is 2. The Labute approximate surface area is 123 Å². The molecule has 2 N–H and O–H groups in total. The number of carbonyl (C=O) groups excluding carboxylic acids is 1. The van der Waals surface area contributed by atoms with Crippen molar-refractivity contribution in [2.24, 2.45) is 0 Å². The number of nitrogens with one attached hydrogen (secondary N) is 1. The van der Waals surface area contributed by atoms with Crippen LogP contribution in [-0.2, 0) is 16.1 Å². The molecule has 0 saturated carbocycles. The highest BCUT2D eigenvalue weighted by Gasteiger charge is 2.20. The van der Waals surface area contributed by atoms with Crippen LogP contribution >= 0.6 is 0 Å². The summed E-state index contributed by atoms with van der Waals surface area (Å²) in [5.74, 6) is -1.26. The quantitative estimate of drug-likeness (QED) is 0.773. The van der Waals surface area contributed by atoms with E-state index in [1.54, 1.807) is 18.3 Å². The monoisotopic (exact) mass is 295 g/mol. The lowest BCUT2D eigenvalue weighted by Gasteiger charge is -2.32. The molecular weight excluding hydrogens is 274 g/mol. The zero-order valence-electron chi connectivity index (χ0n) is 12.1. The summed E-state index contributed by atoms with van der Waals surface area (Å²) in [6.45, 7) is 5.65. The third kappa shape index (κ3) is 4.30. The molecule has 1 aromatic rings. The summed E-state index contributed by atoms with van der Waals surface area (Å²) in [7, 11) is 0. The molecule has 1 aliphatic rings. The van der Waals surface area contributed by atoms with Crippen molar-refractivity contribution in [3.05, 3.63) is 24.0 Å². The van der Waals surface area contributed by atoms with Gasteiger partial charge in [-0.3, -0.25) is 14.5 Å². The lowest BCUT2D eigenvalue weighted by atomic mass is 10.2. The molecule has 1 saturated heterocycles. The number of nitrogens with zero attached hydrogens (tertiary/aromatic N) is 2. The molecule has 1 aromatic heterocycles. The maximum atomic E-state index is 12.1. The average molecular weight is 295 g/mol. The first-order valence-corrected chi connectivity index (χ1v) is 7.09. The van der Waals surface area contributed by atoms with Crippen LogP contribution in [0.4, 0.5) is 0 Å². The maximum Gasteiger partial charge on any atom is 0.323 e. The number of carboxylic acids is 1. The van der Waals surface area contributed by atoms with E-state index in [2.05, 4.69) is 17.1 Å². The van der Waals surface area contributed by atoms with Gasteiger partial charge in [-0.25, -0.2) is 0 Å². The summed E-state index contributed by atoms with van der Waals surface area (Å²) < 4.78 is 7.03. The number of morpholine rings is 1. The highest BCUT2D eigenvalue weighted by Crippen LogP contribution is 2.05. The van der Waals surface area contributed by atoms with Gasteiger partial charge in [-0.1, -0.05) is 6.92 Å². The van der Waals surface area contributed by atoms with E-state index < -0.39 is 5.97 Å². The molecule has 7 nitrogen and oxygen atoms in total. The number of likely N-dealkylation sites (N-methyl/N-ethyl adjacent to an activating group) is 1. The Kier molecular flexibility index (Phi) is 5.35. The van der Waals surface area contributed by atoms with Gasteiger partial charge in [-0.2, -0.15) is 0 Å². The van der Waals surface area contributed by atoms with Gasteiger partial charge in [0.2, 0.25) is 0 Å². The van der Waals surface area contributed by atoms with Crippen LogP contribution in [0.15, 0.2) is 18.3 Å². The second kappa shape index (κ2) is 7.24. The molecular formula is C14H21N3O4. The van der Waals surface area contributed by atoms with Gasteiger partial charge in [0.25, 0.3) is 5.91 Å². The number of amides is 1. The molecule has 1 aliphatic heterocycles. The lowest BCUT2D eigenvalue weighted by Crippen LogP contribution is -2.47. The largest absolute Gasteiger partial charge is 0.480 e. The van der Waals surface area contributed by atoms with Crippen molar-refractivity contribution in [1.29, 1.82) is 0 Å². The maximum absolute atomic E-state index is 12.1. The number of aliphatic carboxylic acids is 1. The van der Waals surface area contributed by atoms with Crippen molar-refractivity contribution in [2.75, 3.05) is 32.8 Å². The van der Waals surface area contributed by atoms with Crippen molar-refractivity contribution in [3.8, 4) is 0 Å². The smallest absolute Gasteiger partial charge is 0.323 e. The van der Waals surface area contributed by atoms with Gasteiger partial charge < -0.3 is 19.7 Å². The third-order valence-corrected chi connectivity index (χ3v) is 3.53. The molecule has 116 valence electrons. The van der Waals surface area contributed by atoms with E-state index in [4.69, 9.17) is 9.84 Å². The van der Waals surface area contributed by atoms with Gasteiger partial charge in [-0.15, -0.1) is 0 Å². The molecule has 0 bridgehead atoms. The number of hydrogen-bond acceptors (Lipinski definition) is 4. The molecule has 0 aliphatic carbocycles. The average Bonchev–Trinajstić information content (AvgIpc) is 2.92. The van der Waals surface area contributed by atoms with Gasteiger partial charge in [-0.05, 0) is 18.7 Å². The van der Waals surface area contributed by atoms with Crippen LogP contribution in [0.1, 0.15) is 17.4 Å². The molecule has 1 atom stereocenters. The van der Waals surface area contributed by atoms with E-state index >= 15 is 0 Å². The third-order valence-electron chi connectivity index (χ3n) is 3.53. The number of carbonyl (C=O) groups is 2. The molecule has 1 amide bonds. The van der Waals surface area contributed by atoms with Gasteiger partial charge >= 0.3 is 5.97 Å². The Morgan fingerprint density at radius 2 is 2.33 bits per heavy atom. The Balaban J connectivity index is 1.87. The van der Waals surface area contributed by atoms with Crippen LogP contribution < -0.4 is 5.32 Å². The zero-order chi connectivity index (χ0) is 15.2. The number of aromatic nitrogens is 1. The molecule has 0 radical (unpaired) electrons. The lowest BCUT2D eigenvalue weighted by molar-refractivity contribution is -0.137. The first kappa shape index (κ1) is 15.5. The van der Waals surface area contributed by atoms with Crippen LogP contribution in [-0.4, -0.2) is 65.3 Å². The fourth-order valence-corrected chi connectivity index (χ4v) is 2.39. The van der Waals surface area contributed by atoms with Crippen molar-refractivity contribution in [2.45, 2.75) is 19.6 Å².